The number of esters is 1. The lowest BCUT2D eigenvalue weighted by atomic mass is 9.98. The predicted molar refractivity (Wildman–Crippen MR) is 115 cm³/mol. The maximum Gasteiger partial charge on any atom is 0.433 e. The zero-order chi connectivity index (χ0) is 25.0. The Labute approximate surface area is 195 Å². The van der Waals surface area contributed by atoms with Crippen molar-refractivity contribution in [1.29, 1.82) is 5.26 Å². The lowest BCUT2D eigenvalue weighted by Crippen LogP contribution is -2.17. The average molecular weight is 492 g/mol. The zero-order valence-electron chi connectivity index (χ0n) is 17.3. The molecule has 0 saturated heterocycles. The molecule has 2 aromatic carbocycles. The van der Waals surface area contributed by atoms with Gasteiger partial charge in [-0.05, 0) is 36.4 Å². The summed E-state index contributed by atoms with van der Waals surface area (Å²) in [5, 5.41) is 12.0. The molecule has 0 radical (unpaired) electrons. The summed E-state index contributed by atoms with van der Waals surface area (Å²) in [7, 11) is 1.13. The van der Waals surface area contributed by atoms with Crippen molar-refractivity contribution >= 4 is 29.0 Å². The summed E-state index contributed by atoms with van der Waals surface area (Å²) in [4.78, 5) is 27.9. The Balaban J connectivity index is 1.92. The Morgan fingerprint density at radius 2 is 1.91 bits per heavy atom. The van der Waals surface area contributed by atoms with Crippen LogP contribution < -0.4 is 5.32 Å². The molecular formula is C23H14ClF4N3O3. The van der Waals surface area contributed by atoms with Crippen LogP contribution in [0.1, 0.15) is 32.0 Å². The highest BCUT2D eigenvalue weighted by atomic mass is 35.5. The number of anilines is 1. The molecule has 1 aromatic heterocycles. The quantitative estimate of drug-likeness (QED) is 0.277. The summed E-state index contributed by atoms with van der Waals surface area (Å²) in [5.41, 5.74) is -1.71. The second-order valence-electron chi connectivity index (χ2n) is 6.85. The lowest BCUT2D eigenvalue weighted by molar-refractivity contribution is -0.141. The number of carbonyl (C=O) groups is 2. The van der Waals surface area contributed by atoms with Gasteiger partial charge in [0.2, 0.25) is 0 Å². The van der Waals surface area contributed by atoms with E-state index in [4.69, 9.17) is 11.6 Å². The molecule has 0 saturated carbocycles. The topological polar surface area (TPSA) is 92.1 Å². The fraction of sp³-hybridized carbons (Fsp3) is 0.130. The number of nitrogens with zero attached hydrogens (tertiary/aromatic N) is 2. The van der Waals surface area contributed by atoms with Gasteiger partial charge in [-0.2, -0.15) is 18.4 Å². The molecule has 34 heavy (non-hydrogen) atoms. The number of rotatable bonds is 6. The first-order valence-electron chi connectivity index (χ1n) is 9.48. The number of benzene rings is 2. The highest BCUT2D eigenvalue weighted by Gasteiger charge is 2.33. The Morgan fingerprint density at radius 1 is 1.18 bits per heavy atom. The molecule has 0 unspecified atom stereocenters. The van der Waals surface area contributed by atoms with Crippen LogP contribution in [0, 0.1) is 17.1 Å². The number of ether oxygens (including phenoxy) is 1. The number of hydrogen-bond donors (Lipinski definition) is 1. The first-order chi connectivity index (χ1) is 16.1. The van der Waals surface area contributed by atoms with Crippen molar-refractivity contribution in [2.75, 3.05) is 19.0 Å². The third-order valence-electron chi connectivity index (χ3n) is 4.74. The number of aromatic nitrogens is 1. The highest BCUT2D eigenvalue weighted by Crippen LogP contribution is 2.34. The number of alkyl halides is 3. The lowest BCUT2D eigenvalue weighted by Gasteiger charge is -2.13. The fourth-order valence-corrected chi connectivity index (χ4v) is 3.30. The molecule has 174 valence electrons. The minimum Gasteiger partial charge on any atom is -0.465 e. The molecule has 6 nitrogen and oxygen atoms in total. The van der Waals surface area contributed by atoms with Crippen molar-refractivity contribution in [3.8, 4) is 17.2 Å². The largest absolute Gasteiger partial charge is 0.465 e. The third-order valence-corrected chi connectivity index (χ3v) is 5.07. The number of ketones is 1. The molecule has 0 spiro atoms. The number of methoxy groups -OCH3 is 1. The summed E-state index contributed by atoms with van der Waals surface area (Å²) >= 11 is 6.17. The Kier molecular flexibility index (Phi) is 7.17. The van der Waals surface area contributed by atoms with Crippen molar-refractivity contribution in [3.63, 3.8) is 0 Å². The maximum absolute atomic E-state index is 14.2. The van der Waals surface area contributed by atoms with E-state index >= 15 is 0 Å². The molecule has 0 aliphatic heterocycles. The van der Waals surface area contributed by atoms with E-state index in [1.807, 2.05) is 0 Å². The molecule has 1 heterocycles. The smallest absolute Gasteiger partial charge is 0.433 e. The van der Waals surface area contributed by atoms with Gasteiger partial charge in [0.1, 0.15) is 11.5 Å². The van der Waals surface area contributed by atoms with Crippen LogP contribution in [0.2, 0.25) is 5.02 Å². The summed E-state index contributed by atoms with van der Waals surface area (Å²) < 4.78 is 57.6. The van der Waals surface area contributed by atoms with Crippen molar-refractivity contribution in [1.82, 2.24) is 4.98 Å². The number of para-hydroxylation sites is 1. The number of nitriles is 1. The standard InChI is InChI=1S/C23H14ClF4N3O3/c1-34-22(33)14-3-2-4-18(25)21(14)31-11-19(32)12-5-6-17(24)15(7-12)16-10-30-20(23(26,27)28)8-13(16)9-29/h2-8,10,31H,11H2,1H3. The zero-order valence-corrected chi connectivity index (χ0v) is 18.1. The van der Waals surface area contributed by atoms with Gasteiger partial charge in [-0.1, -0.05) is 17.7 Å². The molecule has 0 bridgehead atoms. The van der Waals surface area contributed by atoms with E-state index in [1.165, 1.54) is 30.3 Å². The summed E-state index contributed by atoms with van der Waals surface area (Å²) in [6.07, 6.45) is -3.88. The van der Waals surface area contributed by atoms with Gasteiger partial charge in [-0.25, -0.2) is 9.18 Å². The van der Waals surface area contributed by atoms with E-state index in [0.717, 1.165) is 19.4 Å². The Hall–Kier alpha value is -3.97. The van der Waals surface area contributed by atoms with Gasteiger partial charge < -0.3 is 10.1 Å². The minimum atomic E-state index is -4.74. The van der Waals surface area contributed by atoms with Crippen LogP contribution in [0.4, 0.5) is 23.2 Å². The number of halogens is 5. The van der Waals surface area contributed by atoms with Gasteiger partial charge >= 0.3 is 12.1 Å². The third kappa shape index (κ3) is 5.15. The average Bonchev–Trinajstić information content (AvgIpc) is 2.81. The summed E-state index contributed by atoms with van der Waals surface area (Å²) in [5.74, 6) is -2.13. The number of carbonyl (C=O) groups excluding carboxylic acids is 2. The monoisotopic (exact) mass is 491 g/mol. The number of Topliss-reactive ketones (excluding diaryl/α,β-unsaturated/α-hetero) is 1. The molecule has 0 aliphatic rings. The van der Waals surface area contributed by atoms with Gasteiger partial charge in [0.05, 0.1) is 36.5 Å². The van der Waals surface area contributed by atoms with Crippen LogP contribution in [0.15, 0.2) is 48.7 Å². The van der Waals surface area contributed by atoms with Crippen molar-refractivity contribution in [2.24, 2.45) is 0 Å². The van der Waals surface area contributed by atoms with Gasteiger partial charge in [0.15, 0.2) is 5.78 Å². The van der Waals surface area contributed by atoms with Crippen LogP contribution in [-0.2, 0) is 10.9 Å². The number of pyridine rings is 1. The van der Waals surface area contributed by atoms with Gasteiger partial charge in [-0.15, -0.1) is 0 Å². The Bertz CT molecular complexity index is 1320. The molecular weight excluding hydrogens is 478 g/mol. The molecule has 0 fully saturated rings. The van der Waals surface area contributed by atoms with Crippen molar-refractivity contribution < 1.29 is 31.9 Å². The molecule has 0 aliphatic carbocycles. The van der Waals surface area contributed by atoms with Crippen molar-refractivity contribution in [3.05, 3.63) is 81.9 Å². The molecule has 0 amide bonds. The van der Waals surface area contributed by atoms with Crippen LogP contribution in [0.3, 0.4) is 0 Å². The van der Waals surface area contributed by atoms with Crippen LogP contribution in [0.5, 0.6) is 0 Å². The van der Waals surface area contributed by atoms with Gasteiger partial charge in [0, 0.05) is 27.9 Å². The van der Waals surface area contributed by atoms with Gasteiger partial charge in [0.25, 0.3) is 0 Å². The summed E-state index contributed by atoms with van der Waals surface area (Å²) in [6.45, 7) is -0.428. The first-order valence-corrected chi connectivity index (χ1v) is 9.85. The normalized spacial score (nSPS) is 11.0. The van der Waals surface area contributed by atoms with E-state index in [-0.39, 0.29) is 38.5 Å². The Morgan fingerprint density at radius 3 is 2.56 bits per heavy atom. The maximum atomic E-state index is 14.2. The number of nitrogens with one attached hydrogen (secondary N) is 1. The molecule has 1 N–H and O–H groups in total. The first kappa shape index (κ1) is 24.7. The molecule has 3 rings (SSSR count). The molecule has 11 heteroatoms. The second-order valence-corrected chi connectivity index (χ2v) is 7.26. The predicted octanol–water partition coefficient (Wildman–Crippen LogP) is 5.51. The van der Waals surface area contributed by atoms with E-state index < -0.39 is 36.0 Å². The minimum absolute atomic E-state index is 0.00481. The molecule has 0 atom stereocenters. The van der Waals surface area contributed by atoms with Crippen molar-refractivity contribution in [2.45, 2.75) is 6.18 Å². The van der Waals surface area contributed by atoms with Crippen LogP contribution in [-0.4, -0.2) is 30.4 Å². The summed E-state index contributed by atoms with van der Waals surface area (Å²) in [6, 6.07) is 9.99. The van der Waals surface area contributed by atoms with E-state index in [0.29, 0.717) is 6.07 Å². The highest BCUT2D eigenvalue weighted by molar-refractivity contribution is 6.33. The SMILES string of the molecule is COC(=O)c1cccc(F)c1NCC(=O)c1ccc(Cl)c(-c2cnc(C(F)(F)F)cc2C#N)c1. The second kappa shape index (κ2) is 9.89. The van der Waals surface area contributed by atoms with Gasteiger partial charge in [-0.3, -0.25) is 9.78 Å². The van der Waals surface area contributed by atoms with E-state index in [1.54, 1.807) is 6.07 Å². The van der Waals surface area contributed by atoms with Crippen LogP contribution in [0.25, 0.3) is 11.1 Å². The molecule has 3 aromatic rings. The van der Waals surface area contributed by atoms with E-state index in [9.17, 15) is 32.4 Å². The number of hydrogen-bond acceptors (Lipinski definition) is 6. The van der Waals surface area contributed by atoms with E-state index in [2.05, 4.69) is 15.0 Å². The fourth-order valence-electron chi connectivity index (χ4n) is 3.08. The van der Waals surface area contributed by atoms with Crippen LogP contribution >= 0.6 is 11.6 Å².